The Morgan fingerprint density at radius 3 is 1.77 bits per heavy atom. The van der Waals surface area contributed by atoms with Gasteiger partial charge >= 0.3 is 0 Å². The normalized spacial score (nSPS) is 10.8. The molecule has 3 rings (SSSR count). The van der Waals surface area contributed by atoms with Crippen LogP contribution in [0.4, 0.5) is 0 Å². The van der Waals surface area contributed by atoms with Crippen LogP contribution < -0.4 is 0 Å². The molecule has 1 heterocycles. The molecule has 134 valence electrons. The molecule has 0 N–H and O–H groups in total. The fourth-order valence-corrected chi connectivity index (χ4v) is 3.31. The zero-order valence-corrected chi connectivity index (χ0v) is 16.0. The Kier molecular flexibility index (Phi) is 6.60. The second-order valence-corrected chi connectivity index (χ2v) is 7.03. The van der Waals surface area contributed by atoms with Crippen molar-refractivity contribution >= 4 is 0 Å². The predicted molar refractivity (Wildman–Crippen MR) is 112 cm³/mol. The van der Waals surface area contributed by atoms with Gasteiger partial charge in [0.25, 0.3) is 0 Å². The predicted octanol–water partition coefficient (Wildman–Crippen LogP) is 7.10. The number of hydrogen-bond acceptors (Lipinski definition) is 1. The number of aromatic nitrogens is 1. The van der Waals surface area contributed by atoms with Crippen molar-refractivity contribution in [2.24, 2.45) is 0 Å². The van der Waals surface area contributed by atoms with Crippen LogP contribution in [0.2, 0.25) is 0 Å². The first-order valence-electron chi connectivity index (χ1n) is 9.95. The molecule has 1 nitrogen and oxygen atoms in total. The maximum Gasteiger partial charge on any atom is 0.0702 e. The molecule has 0 bridgehead atoms. The van der Waals surface area contributed by atoms with Crippen LogP contribution in [0, 0.1) is 0 Å². The molecule has 0 atom stereocenters. The van der Waals surface area contributed by atoms with Crippen LogP contribution in [-0.4, -0.2) is 4.98 Å². The molecule has 2 aromatic carbocycles. The first kappa shape index (κ1) is 18.4. The topological polar surface area (TPSA) is 12.9 Å². The third kappa shape index (κ3) is 4.82. The van der Waals surface area contributed by atoms with E-state index in [-0.39, 0.29) is 0 Å². The molecular formula is C25H29N. The van der Waals surface area contributed by atoms with E-state index >= 15 is 0 Å². The van der Waals surface area contributed by atoms with Crippen molar-refractivity contribution in [2.45, 2.75) is 52.4 Å². The van der Waals surface area contributed by atoms with E-state index in [0.717, 1.165) is 18.5 Å². The second kappa shape index (κ2) is 9.33. The summed E-state index contributed by atoms with van der Waals surface area (Å²) in [5.41, 5.74) is 7.51. The fourth-order valence-electron chi connectivity index (χ4n) is 3.31. The summed E-state index contributed by atoms with van der Waals surface area (Å²) in [4.78, 5) is 4.66. The lowest BCUT2D eigenvalue weighted by Gasteiger charge is -2.07. The van der Waals surface area contributed by atoms with Crippen molar-refractivity contribution in [1.29, 1.82) is 0 Å². The maximum absolute atomic E-state index is 4.66. The van der Waals surface area contributed by atoms with Crippen LogP contribution >= 0.6 is 0 Å². The van der Waals surface area contributed by atoms with E-state index in [1.54, 1.807) is 0 Å². The minimum absolute atomic E-state index is 1.05. The van der Waals surface area contributed by atoms with Gasteiger partial charge in [0.1, 0.15) is 0 Å². The second-order valence-electron chi connectivity index (χ2n) is 7.03. The SMILES string of the molecule is CCCCCc1ccc(-c2ccc(-c3ccc(CCC)cc3)cc2)nc1. The molecule has 0 aliphatic rings. The molecule has 3 aromatic rings. The molecule has 0 unspecified atom stereocenters. The van der Waals surface area contributed by atoms with Gasteiger partial charge < -0.3 is 0 Å². The minimum atomic E-state index is 1.05. The highest BCUT2D eigenvalue weighted by Crippen LogP contribution is 2.24. The van der Waals surface area contributed by atoms with E-state index in [1.165, 1.54) is 53.5 Å². The van der Waals surface area contributed by atoms with Gasteiger partial charge in [0.05, 0.1) is 5.69 Å². The molecule has 0 amide bonds. The number of rotatable bonds is 8. The summed E-state index contributed by atoms with van der Waals surface area (Å²) >= 11 is 0. The summed E-state index contributed by atoms with van der Waals surface area (Å²) in [6.45, 7) is 4.46. The van der Waals surface area contributed by atoms with Crippen molar-refractivity contribution in [3.63, 3.8) is 0 Å². The van der Waals surface area contributed by atoms with Gasteiger partial charge in [0, 0.05) is 11.8 Å². The highest BCUT2D eigenvalue weighted by molar-refractivity contribution is 5.69. The molecule has 1 aromatic heterocycles. The van der Waals surface area contributed by atoms with E-state index in [1.807, 2.05) is 6.20 Å². The average Bonchev–Trinajstić information content (AvgIpc) is 2.70. The summed E-state index contributed by atoms with van der Waals surface area (Å²) in [5.74, 6) is 0. The van der Waals surface area contributed by atoms with Gasteiger partial charge in [-0.15, -0.1) is 0 Å². The first-order chi connectivity index (χ1) is 12.8. The summed E-state index contributed by atoms with van der Waals surface area (Å²) in [5, 5.41) is 0. The number of hydrogen-bond donors (Lipinski definition) is 0. The van der Waals surface area contributed by atoms with Crippen LogP contribution in [0.15, 0.2) is 66.9 Å². The van der Waals surface area contributed by atoms with Gasteiger partial charge in [-0.1, -0.05) is 87.7 Å². The Morgan fingerprint density at radius 2 is 1.19 bits per heavy atom. The zero-order chi connectivity index (χ0) is 18.2. The standard InChI is InChI=1S/C25H29N/c1-3-5-6-8-21-11-18-25(26-19-21)24-16-14-23(15-17-24)22-12-9-20(7-4-2)10-13-22/h9-19H,3-8H2,1-2H3. The molecule has 26 heavy (non-hydrogen) atoms. The van der Waals surface area contributed by atoms with Crippen molar-refractivity contribution in [3.8, 4) is 22.4 Å². The Labute approximate surface area is 158 Å². The van der Waals surface area contributed by atoms with E-state index in [2.05, 4.69) is 79.5 Å². The lowest BCUT2D eigenvalue weighted by Crippen LogP contribution is -1.89. The molecule has 0 aliphatic heterocycles. The lowest BCUT2D eigenvalue weighted by molar-refractivity contribution is 0.716. The lowest BCUT2D eigenvalue weighted by atomic mass is 10.00. The van der Waals surface area contributed by atoms with Crippen LogP contribution in [0.1, 0.15) is 50.7 Å². The summed E-state index contributed by atoms with van der Waals surface area (Å²) < 4.78 is 0. The largest absolute Gasteiger partial charge is 0.256 e. The van der Waals surface area contributed by atoms with Crippen LogP contribution in [0.25, 0.3) is 22.4 Å². The van der Waals surface area contributed by atoms with Crippen molar-refractivity contribution in [2.75, 3.05) is 0 Å². The van der Waals surface area contributed by atoms with Gasteiger partial charge in [-0.05, 0) is 47.6 Å². The molecule has 0 saturated heterocycles. The van der Waals surface area contributed by atoms with Crippen LogP contribution in [0.3, 0.4) is 0 Å². The Morgan fingerprint density at radius 1 is 0.577 bits per heavy atom. The molecule has 0 fully saturated rings. The van der Waals surface area contributed by atoms with Gasteiger partial charge in [0.2, 0.25) is 0 Å². The minimum Gasteiger partial charge on any atom is -0.256 e. The molecule has 0 spiro atoms. The first-order valence-corrected chi connectivity index (χ1v) is 9.95. The van der Waals surface area contributed by atoms with Crippen molar-refractivity contribution < 1.29 is 0 Å². The molecule has 1 heteroatoms. The number of unbranched alkanes of at least 4 members (excludes halogenated alkanes) is 2. The quantitative estimate of drug-likeness (QED) is 0.397. The summed E-state index contributed by atoms with van der Waals surface area (Å²) in [7, 11) is 0. The number of aryl methyl sites for hydroxylation is 2. The van der Waals surface area contributed by atoms with Gasteiger partial charge in [-0.3, -0.25) is 4.98 Å². The Hall–Kier alpha value is -2.41. The van der Waals surface area contributed by atoms with Gasteiger partial charge in [-0.2, -0.15) is 0 Å². The van der Waals surface area contributed by atoms with E-state index in [0.29, 0.717) is 0 Å². The highest BCUT2D eigenvalue weighted by atomic mass is 14.7. The van der Waals surface area contributed by atoms with E-state index < -0.39 is 0 Å². The maximum atomic E-state index is 4.66. The molecule has 0 radical (unpaired) electrons. The van der Waals surface area contributed by atoms with Crippen molar-refractivity contribution in [1.82, 2.24) is 4.98 Å². The summed E-state index contributed by atoms with van der Waals surface area (Å²) in [6, 6.07) is 22.0. The van der Waals surface area contributed by atoms with Crippen molar-refractivity contribution in [3.05, 3.63) is 78.0 Å². The molecular weight excluding hydrogens is 314 g/mol. The molecule has 0 saturated carbocycles. The number of nitrogens with zero attached hydrogens (tertiary/aromatic N) is 1. The van der Waals surface area contributed by atoms with Gasteiger partial charge in [-0.25, -0.2) is 0 Å². The number of benzene rings is 2. The van der Waals surface area contributed by atoms with E-state index in [9.17, 15) is 0 Å². The highest BCUT2D eigenvalue weighted by Gasteiger charge is 2.03. The van der Waals surface area contributed by atoms with Crippen LogP contribution in [0.5, 0.6) is 0 Å². The smallest absolute Gasteiger partial charge is 0.0702 e. The summed E-state index contributed by atoms with van der Waals surface area (Å²) in [6.07, 6.45) is 9.32. The zero-order valence-electron chi connectivity index (χ0n) is 16.0. The van der Waals surface area contributed by atoms with E-state index in [4.69, 9.17) is 0 Å². The Bertz CT molecular complexity index is 783. The fraction of sp³-hybridized carbons (Fsp3) is 0.320. The Balaban J connectivity index is 1.68. The monoisotopic (exact) mass is 343 g/mol. The average molecular weight is 344 g/mol. The van der Waals surface area contributed by atoms with Crippen LogP contribution in [-0.2, 0) is 12.8 Å². The third-order valence-electron chi connectivity index (χ3n) is 4.90. The third-order valence-corrected chi connectivity index (χ3v) is 4.90. The van der Waals surface area contributed by atoms with Gasteiger partial charge in [0.15, 0.2) is 0 Å². The number of pyridine rings is 1. The molecule has 0 aliphatic carbocycles.